The molecule has 0 spiro atoms. The van der Waals surface area contributed by atoms with E-state index in [0.717, 1.165) is 30.6 Å². The van der Waals surface area contributed by atoms with Gasteiger partial charge < -0.3 is 4.90 Å². The standard InChI is InChI=1S/C25H25F2N5O2S/c1-16-4-7-20(8-5-16)35(33,34)30-22-15-28-32-13-11-23(29-24(22)32)31-12-10-19-14-25(19,31)18(3)21(27)9-6-17(2)26/h4-9,11,13,15,19,30H,3,10,12,14H2,1-2H3/b17-6+,21-9+/t19-,25-/m0/s1. The molecule has 1 aromatic carbocycles. The fourth-order valence-corrected chi connectivity index (χ4v) is 5.87. The lowest BCUT2D eigenvalue weighted by Gasteiger charge is -2.30. The predicted molar refractivity (Wildman–Crippen MR) is 131 cm³/mol. The highest BCUT2D eigenvalue weighted by Gasteiger charge is 2.64. The van der Waals surface area contributed by atoms with Gasteiger partial charge in [0.2, 0.25) is 0 Å². The van der Waals surface area contributed by atoms with Crippen LogP contribution in [0.1, 0.15) is 25.3 Å². The van der Waals surface area contributed by atoms with Crippen LogP contribution >= 0.6 is 0 Å². The highest BCUT2D eigenvalue weighted by Crippen LogP contribution is 2.61. The van der Waals surface area contributed by atoms with E-state index >= 15 is 0 Å². The van der Waals surface area contributed by atoms with Gasteiger partial charge in [-0.15, -0.1) is 0 Å². The molecular weight excluding hydrogens is 472 g/mol. The van der Waals surface area contributed by atoms with E-state index < -0.39 is 27.2 Å². The van der Waals surface area contributed by atoms with E-state index in [1.165, 1.54) is 29.8 Å². The Morgan fingerprint density at radius 3 is 2.66 bits per heavy atom. The molecule has 182 valence electrons. The van der Waals surface area contributed by atoms with Crippen LogP contribution in [0.5, 0.6) is 0 Å². The van der Waals surface area contributed by atoms with Gasteiger partial charge in [-0.05, 0) is 63.0 Å². The molecule has 3 heterocycles. The summed E-state index contributed by atoms with van der Waals surface area (Å²) in [6.07, 6.45) is 6.86. The highest BCUT2D eigenvalue weighted by atomic mass is 32.2. The van der Waals surface area contributed by atoms with Gasteiger partial charge in [0.25, 0.3) is 10.0 Å². The SMILES string of the molecule is C=C(/C(F)=C\C=C(/C)F)[C@@]12C[C@@H]1CCN2c1ccn2ncc(NS(=O)(=O)c3ccc(C)cc3)c2n1. The number of hydrogen-bond donors (Lipinski definition) is 1. The van der Waals surface area contributed by atoms with Crippen LogP contribution in [0.3, 0.4) is 0 Å². The van der Waals surface area contributed by atoms with Crippen molar-refractivity contribution in [3.05, 3.63) is 84.2 Å². The van der Waals surface area contributed by atoms with Crippen LogP contribution < -0.4 is 9.62 Å². The van der Waals surface area contributed by atoms with Crippen LogP contribution in [0.4, 0.5) is 20.3 Å². The molecule has 0 radical (unpaired) electrons. The molecule has 35 heavy (non-hydrogen) atoms. The average Bonchev–Trinajstić information content (AvgIpc) is 3.24. The summed E-state index contributed by atoms with van der Waals surface area (Å²) in [5.74, 6) is -0.255. The summed E-state index contributed by atoms with van der Waals surface area (Å²) >= 11 is 0. The van der Waals surface area contributed by atoms with E-state index in [4.69, 9.17) is 4.98 Å². The minimum absolute atomic E-state index is 0.133. The number of nitrogens with one attached hydrogen (secondary N) is 1. The topological polar surface area (TPSA) is 79.6 Å². The molecule has 1 saturated heterocycles. The molecule has 1 N–H and O–H groups in total. The van der Waals surface area contributed by atoms with Crippen molar-refractivity contribution in [2.24, 2.45) is 5.92 Å². The van der Waals surface area contributed by atoms with Gasteiger partial charge >= 0.3 is 0 Å². The number of benzene rings is 1. The van der Waals surface area contributed by atoms with Crippen molar-refractivity contribution in [3.63, 3.8) is 0 Å². The third kappa shape index (κ3) is 4.01. The fourth-order valence-electron chi connectivity index (χ4n) is 4.82. The summed E-state index contributed by atoms with van der Waals surface area (Å²) in [7, 11) is -3.84. The van der Waals surface area contributed by atoms with E-state index in [9.17, 15) is 17.2 Å². The zero-order valence-corrected chi connectivity index (χ0v) is 20.2. The molecule has 1 saturated carbocycles. The number of sulfonamides is 1. The Balaban J connectivity index is 1.47. The van der Waals surface area contributed by atoms with E-state index in [2.05, 4.69) is 16.4 Å². The quantitative estimate of drug-likeness (QED) is 0.460. The number of rotatable bonds is 7. The number of hydrogen-bond acceptors (Lipinski definition) is 5. The second-order valence-corrected chi connectivity index (χ2v) is 10.7. The summed E-state index contributed by atoms with van der Waals surface area (Å²) in [5.41, 5.74) is 1.20. The summed E-state index contributed by atoms with van der Waals surface area (Å²) in [5, 5.41) is 4.21. The minimum Gasteiger partial charge on any atom is -0.346 e. The smallest absolute Gasteiger partial charge is 0.262 e. The third-order valence-electron chi connectivity index (χ3n) is 6.73. The summed E-state index contributed by atoms with van der Waals surface area (Å²) in [6.45, 7) is 7.77. The highest BCUT2D eigenvalue weighted by molar-refractivity contribution is 7.92. The number of halogens is 2. The van der Waals surface area contributed by atoms with Crippen molar-refractivity contribution in [1.82, 2.24) is 14.6 Å². The first-order valence-electron chi connectivity index (χ1n) is 11.2. The molecule has 2 fully saturated rings. The van der Waals surface area contributed by atoms with Gasteiger partial charge in [-0.25, -0.2) is 26.7 Å². The van der Waals surface area contributed by atoms with Crippen molar-refractivity contribution >= 4 is 27.2 Å². The Morgan fingerprint density at radius 2 is 1.97 bits per heavy atom. The number of nitrogens with zero attached hydrogens (tertiary/aromatic N) is 4. The second kappa shape index (κ2) is 8.30. The van der Waals surface area contributed by atoms with Crippen LogP contribution in [0.25, 0.3) is 5.65 Å². The molecule has 2 aliphatic rings. The van der Waals surface area contributed by atoms with E-state index in [1.54, 1.807) is 24.4 Å². The van der Waals surface area contributed by atoms with Crippen LogP contribution in [0.2, 0.25) is 0 Å². The number of aryl methyl sites for hydroxylation is 1. The van der Waals surface area contributed by atoms with Crippen LogP contribution in [-0.2, 0) is 10.0 Å². The van der Waals surface area contributed by atoms with Crippen LogP contribution in [-0.4, -0.2) is 35.1 Å². The fraction of sp³-hybridized carbons (Fsp3) is 0.280. The zero-order valence-electron chi connectivity index (χ0n) is 19.4. The number of anilines is 2. The first-order valence-corrected chi connectivity index (χ1v) is 12.7. The molecule has 5 rings (SSSR count). The van der Waals surface area contributed by atoms with Crippen molar-refractivity contribution in [2.45, 2.75) is 37.1 Å². The molecule has 0 bridgehead atoms. The van der Waals surface area contributed by atoms with Gasteiger partial charge in [-0.1, -0.05) is 24.3 Å². The molecule has 2 atom stereocenters. The van der Waals surface area contributed by atoms with Crippen molar-refractivity contribution in [1.29, 1.82) is 0 Å². The Kier molecular flexibility index (Phi) is 5.51. The third-order valence-corrected chi connectivity index (χ3v) is 8.11. The van der Waals surface area contributed by atoms with Crippen molar-refractivity contribution in [3.8, 4) is 0 Å². The molecule has 0 unspecified atom stereocenters. The van der Waals surface area contributed by atoms with Gasteiger partial charge in [-0.2, -0.15) is 5.10 Å². The molecule has 2 aromatic heterocycles. The maximum atomic E-state index is 14.8. The van der Waals surface area contributed by atoms with E-state index in [0.29, 0.717) is 23.6 Å². The van der Waals surface area contributed by atoms with Gasteiger partial charge in [-0.3, -0.25) is 4.72 Å². The lowest BCUT2D eigenvalue weighted by Crippen LogP contribution is -2.37. The van der Waals surface area contributed by atoms with Crippen molar-refractivity contribution < 1.29 is 17.2 Å². The number of allylic oxidation sites excluding steroid dienone is 3. The van der Waals surface area contributed by atoms with Crippen molar-refractivity contribution in [2.75, 3.05) is 16.2 Å². The Hall–Kier alpha value is -3.53. The first-order chi connectivity index (χ1) is 16.6. The maximum Gasteiger partial charge on any atom is 0.262 e. The molecule has 7 nitrogen and oxygen atoms in total. The van der Waals surface area contributed by atoms with E-state index in [-0.39, 0.29) is 16.5 Å². The monoisotopic (exact) mass is 497 g/mol. The van der Waals surface area contributed by atoms with Gasteiger partial charge in [0.1, 0.15) is 17.3 Å². The molecular formula is C25H25F2N5O2S. The van der Waals surface area contributed by atoms with Gasteiger partial charge in [0.05, 0.1) is 22.5 Å². The summed E-state index contributed by atoms with van der Waals surface area (Å²) in [6, 6.07) is 8.30. The lowest BCUT2D eigenvalue weighted by molar-refractivity contribution is 0.598. The van der Waals surface area contributed by atoms with Gasteiger partial charge in [0, 0.05) is 18.3 Å². The number of piperidine rings is 1. The zero-order chi connectivity index (χ0) is 25.0. The Labute approximate surface area is 202 Å². The Bertz CT molecular complexity index is 1490. The average molecular weight is 498 g/mol. The van der Waals surface area contributed by atoms with E-state index in [1.807, 2.05) is 11.8 Å². The number of aromatic nitrogens is 3. The predicted octanol–water partition coefficient (Wildman–Crippen LogP) is 5.09. The summed E-state index contributed by atoms with van der Waals surface area (Å²) < 4.78 is 57.8. The summed E-state index contributed by atoms with van der Waals surface area (Å²) in [4.78, 5) is 6.83. The maximum absolute atomic E-state index is 14.8. The molecule has 1 aliphatic heterocycles. The normalized spacial score (nSPS) is 22.4. The Morgan fingerprint density at radius 1 is 1.23 bits per heavy atom. The molecule has 1 aliphatic carbocycles. The lowest BCUT2D eigenvalue weighted by atomic mass is 10.0. The minimum atomic E-state index is -3.84. The second-order valence-electron chi connectivity index (χ2n) is 9.04. The molecule has 3 aromatic rings. The number of fused-ring (bicyclic) bond motifs is 2. The van der Waals surface area contributed by atoms with Crippen LogP contribution in [0, 0.1) is 12.8 Å². The first kappa shape index (κ1) is 23.2. The molecule has 10 heteroatoms. The van der Waals surface area contributed by atoms with Crippen LogP contribution in [0.15, 0.2) is 83.6 Å². The largest absolute Gasteiger partial charge is 0.346 e. The van der Waals surface area contributed by atoms with Gasteiger partial charge in [0.15, 0.2) is 5.65 Å². The molecule has 0 amide bonds.